The molecule has 0 radical (unpaired) electrons. The maximum absolute atomic E-state index is 13.7. The minimum Gasteiger partial charge on any atom is -0.545 e. The highest BCUT2D eigenvalue weighted by Crippen LogP contribution is 2.49. The Hall–Kier alpha value is -6.92. The summed E-state index contributed by atoms with van der Waals surface area (Å²) < 4.78 is 16.8. The molecule has 5 aliphatic rings. The van der Waals surface area contributed by atoms with Gasteiger partial charge in [-0.25, -0.2) is 4.58 Å². The average molecular weight is 973 g/mol. The zero-order valence-corrected chi connectivity index (χ0v) is 41.2. The third-order valence-electron chi connectivity index (χ3n) is 15.3. The maximum atomic E-state index is 13.7. The SMILES string of the molecule is COc1ccc2c(c1)c(CC(=O)NCCCCCCNC(=O)c1ccc(C3=c4cc5c6c(c4Oc4c3cc3c7c4CCCN7CCC3)CCC[N+]=6CCC5)c(C(=O)[O-])c1)c(C)n2C(=O)c1ccc(Cl)cc1. The molecule has 364 valence electrons. The van der Waals surface area contributed by atoms with E-state index in [-0.39, 0.29) is 35.3 Å². The molecule has 0 fully saturated rings. The molecule has 0 bridgehead atoms. The molecule has 2 N–H and O–H groups in total. The van der Waals surface area contributed by atoms with Gasteiger partial charge in [-0.3, -0.25) is 19.0 Å². The predicted molar refractivity (Wildman–Crippen MR) is 273 cm³/mol. The van der Waals surface area contributed by atoms with Crippen LogP contribution in [0, 0.1) is 6.92 Å². The van der Waals surface area contributed by atoms with Crippen molar-refractivity contribution < 1.29 is 33.8 Å². The number of carbonyl (C=O) groups excluding carboxylic acids is 4. The fraction of sp³-hybridized carbons (Fsp3) is 0.362. The molecule has 71 heavy (non-hydrogen) atoms. The molecule has 12 nitrogen and oxygen atoms in total. The zero-order chi connectivity index (χ0) is 48.9. The van der Waals surface area contributed by atoms with E-state index < -0.39 is 5.97 Å². The molecule has 0 atom stereocenters. The van der Waals surface area contributed by atoms with Gasteiger partial charge in [-0.2, -0.15) is 0 Å². The summed E-state index contributed by atoms with van der Waals surface area (Å²) in [4.78, 5) is 56.4. The van der Waals surface area contributed by atoms with Crippen molar-refractivity contribution in [2.24, 2.45) is 0 Å². The van der Waals surface area contributed by atoms with Crippen molar-refractivity contribution in [1.29, 1.82) is 0 Å². The summed E-state index contributed by atoms with van der Waals surface area (Å²) in [6.45, 7) is 6.88. The zero-order valence-electron chi connectivity index (χ0n) is 40.4. The van der Waals surface area contributed by atoms with Gasteiger partial charge in [-0.1, -0.05) is 30.5 Å². The summed E-state index contributed by atoms with van der Waals surface area (Å²) in [7, 11) is 1.58. The number of halogens is 1. The molecule has 0 saturated heterocycles. The lowest BCUT2D eigenvalue weighted by Gasteiger charge is -2.39. The number of fused-ring (bicyclic) bond motifs is 5. The van der Waals surface area contributed by atoms with E-state index in [1.807, 2.05) is 19.1 Å². The van der Waals surface area contributed by atoms with Crippen LogP contribution < -0.4 is 45.3 Å². The highest BCUT2D eigenvalue weighted by atomic mass is 35.5. The molecule has 5 aromatic carbocycles. The highest BCUT2D eigenvalue weighted by Gasteiger charge is 2.36. The normalized spacial score (nSPS) is 15.3. The fourth-order valence-corrected chi connectivity index (χ4v) is 12.2. The highest BCUT2D eigenvalue weighted by molar-refractivity contribution is 6.30. The van der Waals surface area contributed by atoms with Crippen molar-refractivity contribution in [2.75, 3.05) is 51.3 Å². The second-order valence-corrected chi connectivity index (χ2v) is 20.1. The van der Waals surface area contributed by atoms with E-state index >= 15 is 0 Å². The monoisotopic (exact) mass is 971 g/mol. The van der Waals surface area contributed by atoms with Crippen LogP contribution >= 0.6 is 11.6 Å². The van der Waals surface area contributed by atoms with E-state index in [1.54, 1.807) is 54.1 Å². The number of hydrogen-bond donors (Lipinski definition) is 2. The van der Waals surface area contributed by atoms with E-state index in [1.165, 1.54) is 39.4 Å². The lowest BCUT2D eigenvalue weighted by Crippen LogP contribution is -2.45. The van der Waals surface area contributed by atoms with Crippen molar-refractivity contribution in [2.45, 2.75) is 90.4 Å². The van der Waals surface area contributed by atoms with Gasteiger partial charge in [0.2, 0.25) is 11.3 Å². The third-order valence-corrected chi connectivity index (χ3v) is 15.6. The first-order valence-electron chi connectivity index (χ1n) is 25.4. The molecule has 13 heteroatoms. The predicted octanol–water partition coefficient (Wildman–Crippen LogP) is 6.75. The minimum absolute atomic E-state index is 0.0125. The smallest absolute Gasteiger partial charge is 0.262 e. The van der Waals surface area contributed by atoms with Gasteiger partial charge in [0.25, 0.3) is 11.8 Å². The number of carboxylic acid groups (broad SMARTS) is 1. The summed E-state index contributed by atoms with van der Waals surface area (Å²) in [5.74, 6) is 0.290. The van der Waals surface area contributed by atoms with Gasteiger partial charge in [0, 0.05) is 105 Å². The van der Waals surface area contributed by atoms with Crippen molar-refractivity contribution in [1.82, 2.24) is 19.8 Å². The fourth-order valence-electron chi connectivity index (χ4n) is 12.0. The summed E-state index contributed by atoms with van der Waals surface area (Å²) in [5, 5.41) is 22.8. The number of hydrogen-bond acceptors (Lipinski definition) is 8. The molecule has 6 aromatic rings. The van der Waals surface area contributed by atoms with Crippen molar-refractivity contribution in [3.8, 4) is 17.2 Å². The summed E-state index contributed by atoms with van der Waals surface area (Å²) in [6.07, 6.45) is 11.2. The molecular weight excluding hydrogens is 914 g/mol. The topological polar surface area (TPSA) is 145 Å². The Kier molecular flexibility index (Phi) is 12.7. The summed E-state index contributed by atoms with van der Waals surface area (Å²) in [5.41, 5.74) is 11.5. The number of aryl methyl sites for hydroxylation is 2. The number of carboxylic acids is 1. The van der Waals surface area contributed by atoms with Crippen LogP contribution in [0.5, 0.6) is 17.2 Å². The van der Waals surface area contributed by atoms with Gasteiger partial charge in [0.1, 0.15) is 30.3 Å². The second kappa shape index (κ2) is 19.4. The number of nitrogens with one attached hydrogen (secondary N) is 2. The van der Waals surface area contributed by atoms with Crippen molar-refractivity contribution >= 4 is 57.5 Å². The molecule has 1 aromatic heterocycles. The van der Waals surface area contributed by atoms with E-state index in [9.17, 15) is 24.3 Å². The Labute approximate surface area is 417 Å². The van der Waals surface area contributed by atoms with Crippen LogP contribution in [-0.2, 0) is 36.9 Å². The molecule has 0 aliphatic carbocycles. The lowest BCUT2D eigenvalue weighted by molar-refractivity contribution is -0.255. The van der Waals surface area contributed by atoms with Crippen LogP contribution in [0.2, 0.25) is 5.02 Å². The lowest BCUT2D eigenvalue weighted by atomic mass is 9.81. The number of ether oxygens (including phenoxy) is 2. The number of aromatic carboxylic acids is 1. The van der Waals surface area contributed by atoms with Crippen LogP contribution in [-0.4, -0.2) is 74.6 Å². The number of aromatic nitrogens is 1. The molecule has 5 aliphatic heterocycles. The quantitative estimate of drug-likeness (QED) is 0.0901. The Morgan fingerprint density at radius 2 is 1.48 bits per heavy atom. The van der Waals surface area contributed by atoms with Crippen molar-refractivity contribution in [3.05, 3.63) is 150 Å². The van der Waals surface area contributed by atoms with Crippen LogP contribution in [0.25, 0.3) is 16.5 Å². The Balaban J connectivity index is 0.760. The minimum atomic E-state index is -1.33. The summed E-state index contributed by atoms with van der Waals surface area (Å²) >= 11 is 6.09. The number of nitrogens with zero attached hydrogens (tertiary/aromatic N) is 3. The van der Waals surface area contributed by atoms with Crippen LogP contribution in [0.3, 0.4) is 0 Å². The van der Waals surface area contributed by atoms with Crippen LogP contribution in [0.4, 0.5) is 5.69 Å². The molecule has 0 unspecified atom stereocenters. The first-order valence-corrected chi connectivity index (χ1v) is 25.8. The van der Waals surface area contributed by atoms with Gasteiger partial charge in [0.05, 0.1) is 30.6 Å². The van der Waals surface area contributed by atoms with Gasteiger partial charge in [0.15, 0.2) is 0 Å². The van der Waals surface area contributed by atoms with Crippen LogP contribution in [0.1, 0.15) is 127 Å². The summed E-state index contributed by atoms with van der Waals surface area (Å²) in [6, 6.07) is 21.8. The van der Waals surface area contributed by atoms with Gasteiger partial charge in [-0.05, 0) is 142 Å². The number of rotatable bonds is 14. The van der Waals surface area contributed by atoms with E-state index in [2.05, 4.69) is 32.2 Å². The molecule has 6 heterocycles. The molecule has 11 rings (SSSR count). The maximum Gasteiger partial charge on any atom is 0.262 e. The molecule has 0 spiro atoms. The second-order valence-electron chi connectivity index (χ2n) is 19.7. The number of anilines is 1. The third kappa shape index (κ3) is 8.53. The first kappa shape index (κ1) is 46.5. The largest absolute Gasteiger partial charge is 0.545 e. The number of unbranched alkanes of at least 4 members (excludes halogenated alkanes) is 3. The van der Waals surface area contributed by atoms with Crippen LogP contribution in [0.15, 0.2) is 72.8 Å². The Morgan fingerprint density at radius 3 is 2.25 bits per heavy atom. The van der Waals surface area contributed by atoms with E-state index in [4.69, 9.17) is 21.1 Å². The molecule has 0 saturated carbocycles. The molecule has 2 amide bonds. The number of amides is 2. The van der Waals surface area contributed by atoms with Gasteiger partial charge >= 0.3 is 0 Å². The van der Waals surface area contributed by atoms with E-state index in [0.717, 1.165) is 136 Å². The number of benzene rings is 5. The number of carbonyl (C=O) groups is 4. The molecular formula is C58H58ClN5O7. The van der Waals surface area contributed by atoms with Crippen molar-refractivity contribution in [3.63, 3.8) is 0 Å². The Morgan fingerprint density at radius 1 is 0.761 bits per heavy atom. The van der Waals surface area contributed by atoms with Gasteiger partial charge in [-0.15, -0.1) is 0 Å². The number of methoxy groups -OCH3 is 1. The first-order chi connectivity index (χ1) is 34.6. The van der Waals surface area contributed by atoms with E-state index in [0.29, 0.717) is 52.6 Å². The van der Waals surface area contributed by atoms with Gasteiger partial charge < -0.3 is 34.9 Å². The average Bonchev–Trinajstić information content (AvgIpc) is 3.65. The standard InChI is InChI=1S/C58H58ClN5O7/c1-34-44(45-32-40(70-2)20-22-49(45)64(34)57(67)35-15-18-39(59)19-16-35)33-50(65)60-23-5-3-4-6-24-61-56(66)38-17-21-41(46(31-38)58(68)69)51-47-29-36-11-7-25-62-27-9-13-42(52(36)62)54(47)71-55-43-14-10-28-63-26-8-12-37(53(43)63)30-48(51)55/h15-22,29-32H,3-14,23-28,33H2,1-2H3,(H2-,60,61,65,66,68,69). The Bertz CT molecular complexity index is 3330.